The number of ketones is 1. The summed E-state index contributed by atoms with van der Waals surface area (Å²) >= 11 is 0. The van der Waals surface area contributed by atoms with Crippen molar-refractivity contribution in [2.45, 2.75) is 84.9 Å². The smallest absolute Gasteiger partial charge is 0.419 e. The Balaban J connectivity index is 1.79. The van der Waals surface area contributed by atoms with Crippen LogP contribution in [0.4, 0.5) is 17.6 Å². The summed E-state index contributed by atoms with van der Waals surface area (Å²) in [6, 6.07) is 7.67. The normalized spacial score (nSPS) is 15.1. The summed E-state index contributed by atoms with van der Waals surface area (Å²) in [7, 11) is 0. The zero-order chi connectivity index (χ0) is 33.9. The van der Waals surface area contributed by atoms with Crippen molar-refractivity contribution in [1.29, 1.82) is 0 Å². The molecule has 248 valence electrons. The van der Waals surface area contributed by atoms with E-state index in [2.05, 4.69) is 4.90 Å². The highest BCUT2D eigenvalue weighted by Crippen LogP contribution is 2.41. The van der Waals surface area contributed by atoms with E-state index in [1.54, 1.807) is 38.2 Å². The molecule has 3 aromatic rings. The van der Waals surface area contributed by atoms with Gasteiger partial charge in [0.15, 0.2) is 5.78 Å². The molecule has 1 unspecified atom stereocenters. The number of aliphatic carboxylic acids is 1. The number of nitrogens with zero attached hydrogens (tertiary/aromatic N) is 2. The van der Waals surface area contributed by atoms with Crippen LogP contribution in [0.25, 0.3) is 11.1 Å². The molecule has 0 saturated carbocycles. The zero-order valence-electron chi connectivity index (χ0n) is 27.0. The summed E-state index contributed by atoms with van der Waals surface area (Å²) in [4.78, 5) is 41.6. The molecule has 1 aromatic heterocycles. The number of aryl methyl sites for hydroxylation is 3. The standard InChI is InChI=1S/C36H42F4N2O4/c1-21(2)14-30(42-20-25(24(5)15-32(42)44)10-13-41-11-7-12-41)31(43)18-26(19-33(45)46)28-16-27(17-29(35(28)37)36(38,39)40)34-22(3)8-6-9-23(34)4/h6,8-9,15-17,20-21,26,30H,7,10-14,18-19H2,1-5H3,(H,45,46)/t26-,30?/m0/s1. The largest absolute Gasteiger partial charge is 0.481 e. The van der Waals surface area contributed by atoms with Crippen LogP contribution in [-0.4, -0.2) is 46.0 Å². The summed E-state index contributed by atoms with van der Waals surface area (Å²) < 4.78 is 59.8. The average molecular weight is 643 g/mol. The molecule has 46 heavy (non-hydrogen) atoms. The molecule has 2 atom stereocenters. The van der Waals surface area contributed by atoms with Crippen molar-refractivity contribution < 1.29 is 32.3 Å². The second-order valence-corrected chi connectivity index (χ2v) is 13.0. The van der Waals surface area contributed by atoms with Gasteiger partial charge in [0, 0.05) is 31.1 Å². The Morgan fingerprint density at radius 2 is 1.63 bits per heavy atom. The minimum Gasteiger partial charge on any atom is -0.481 e. The second kappa shape index (κ2) is 14.3. The van der Waals surface area contributed by atoms with Gasteiger partial charge in [0.05, 0.1) is 18.0 Å². The molecule has 4 rings (SSSR count). The first kappa shape index (κ1) is 35.1. The van der Waals surface area contributed by atoms with Gasteiger partial charge in [-0.1, -0.05) is 32.0 Å². The van der Waals surface area contributed by atoms with Gasteiger partial charge in [-0.15, -0.1) is 0 Å². The highest BCUT2D eigenvalue weighted by molar-refractivity contribution is 5.84. The van der Waals surface area contributed by atoms with E-state index in [0.717, 1.165) is 43.2 Å². The van der Waals surface area contributed by atoms with Crippen LogP contribution in [0.15, 0.2) is 47.4 Å². The van der Waals surface area contributed by atoms with E-state index in [1.807, 2.05) is 20.8 Å². The number of carbonyl (C=O) groups is 2. The first-order valence-electron chi connectivity index (χ1n) is 15.7. The number of carbonyl (C=O) groups excluding carboxylic acids is 1. The van der Waals surface area contributed by atoms with Gasteiger partial charge < -0.3 is 14.6 Å². The van der Waals surface area contributed by atoms with Crippen molar-refractivity contribution >= 4 is 11.8 Å². The van der Waals surface area contributed by atoms with E-state index < -0.39 is 65.2 Å². The lowest BCUT2D eigenvalue weighted by molar-refractivity contribution is -0.140. The summed E-state index contributed by atoms with van der Waals surface area (Å²) in [5.74, 6) is -4.97. The predicted molar refractivity (Wildman–Crippen MR) is 170 cm³/mol. The van der Waals surface area contributed by atoms with Gasteiger partial charge in [-0.2, -0.15) is 13.2 Å². The fraction of sp³-hybridized carbons (Fsp3) is 0.472. The summed E-state index contributed by atoms with van der Waals surface area (Å²) in [5, 5.41) is 9.78. The van der Waals surface area contributed by atoms with Crippen LogP contribution < -0.4 is 5.56 Å². The number of carboxylic acids is 1. The summed E-state index contributed by atoms with van der Waals surface area (Å²) in [6.07, 6.45) is -2.66. The molecule has 2 heterocycles. The van der Waals surface area contributed by atoms with Gasteiger partial charge in [-0.25, -0.2) is 4.39 Å². The maximum atomic E-state index is 15.8. The number of pyridine rings is 1. The van der Waals surface area contributed by atoms with Crippen LogP contribution in [0.5, 0.6) is 0 Å². The maximum absolute atomic E-state index is 15.8. The van der Waals surface area contributed by atoms with Gasteiger partial charge in [-0.05, 0) is 110 Å². The molecular formula is C36H42F4N2O4. The number of aromatic nitrogens is 1. The van der Waals surface area contributed by atoms with E-state index in [9.17, 15) is 32.7 Å². The van der Waals surface area contributed by atoms with Crippen molar-refractivity contribution in [3.63, 3.8) is 0 Å². The van der Waals surface area contributed by atoms with Crippen molar-refractivity contribution in [2.75, 3.05) is 19.6 Å². The molecule has 6 nitrogen and oxygen atoms in total. The van der Waals surface area contributed by atoms with Gasteiger partial charge in [-0.3, -0.25) is 14.4 Å². The molecule has 0 aliphatic carbocycles. The van der Waals surface area contributed by atoms with Gasteiger partial charge in [0.1, 0.15) is 5.82 Å². The molecule has 0 bridgehead atoms. The Labute approximate surface area is 267 Å². The molecule has 0 amide bonds. The number of carboxylic acid groups (broad SMARTS) is 1. The van der Waals surface area contributed by atoms with Gasteiger partial charge in [0.25, 0.3) is 5.56 Å². The average Bonchev–Trinajstić information content (AvgIpc) is 2.91. The van der Waals surface area contributed by atoms with E-state index in [4.69, 9.17) is 0 Å². The lowest BCUT2D eigenvalue weighted by atomic mass is 9.83. The molecule has 1 N–H and O–H groups in total. The first-order chi connectivity index (χ1) is 21.6. The maximum Gasteiger partial charge on any atom is 0.419 e. The van der Waals surface area contributed by atoms with Crippen molar-refractivity contribution in [1.82, 2.24) is 9.47 Å². The Hall–Kier alpha value is -3.79. The number of Topliss-reactive ketones (excluding diaryl/α,β-unsaturated/α-hetero) is 1. The molecule has 10 heteroatoms. The quantitative estimate of drug-likeness (QED) is 0.194. The molecule has 0 radical (unpaired) electrons. The minimum absolute atomic E-state index is 0.0504. The number of hydrogen-bond donors (Lipinski definition) is 1. The number of likely N-dealkylation sites (tertiary alicyclic amines) is 1. The van der Waals surface area contributed by atoms with Crippen LogP contribution in [-0.2, 0) is 22.2 Å². The number of rotatable bonds is 13. The fourth-order valence-corrected chi connectivity index (χ4v) is 6.37. The number of alkyl halides is 3. The Kier molecular flexibility index (Phi) is 10.9. The molecule has 2 aromatic carbocycles. The number of halogens is 4. The SMILES string of the molecule is Cc1cc(=O)n(C(CC(C)C)C(=O)C[C@@H](CC(=O)O)c2cc(-c3c(C)cccc3C)cc(C(F)(F)F)c2F)cc1CCN1CCC1. The first-order valence-corrected chi connectivity index (χ1v) is 15.7. The third-order valence-electron chi connectivity index (χ3n) is 8.93. The topological polar surface area (TPSA) is 79.6 Å². The van der Waals surface area contributed by atoms with Crippen LogP contribution >= 0.6 is 0 Å². The van der Waals surface area contributed by atoms with Gasteiger partial charge in [0.2, 0.25) is 0 Å². The lowest BCUT2D eigenvalue weighted by Gasteiger charge is -2.31. The molecule has 1 aliphatic rings. The van der Waals surface area contributed by atoms with Crippen molar-refractivity contribution in [3.05, 3.63) is 92.1 Å². The van der Waals surface area contributed by atoms with Crippen molar-refractivity contribution in [3.8, 4) is 11.1 Å². The van der Waals surface area contributed by atoms with E-state index >= 15 is 4.39 Å². The lowest BCUT2D eigenvalue weighted by Crippen LogP contribution is -2.38. The zero-order valence-corrected chi connectivity index (χ0v) is 27.0. The van der Waals surface area contributed by atoms with E-state index in [-0.39, 0.29) is 17.9 Å². The Morgan fingerprint density at radius 1 is 0.978 bits per heavy atom. The van der Waals surface area contributed by atoms with Gasteiger partial charge >= 0.3 is 12.1 Å². The molecule has 0 spiro atoms. The third kappa shape index (κ3) is 8.13. The number of hydrogen-bond acceptors (Lipinski definition) is 4. The second-order valence-electron chi connectivity index (χ2n) is 13.0. The number of benzene rings is 2. The minimum atomic E-state index is -5.06. The van der Waals surface area contributed by atoms with Crippen molar-refractivity contribution in [2.24, 2.45) is 5.92 Å². The molecular weight excluding hydrogens is 600 g/mol. The fourth-order valence-electron chi connectivity index (χ4n) is 6.37. The predicted octanol–water partition coefficient (Wildman–Crippen LogP) is 7.65. The molecule has 1 saturated heterocycles. The summed E-state index contributed by atoms with van der Waals surface area (Å²) in [6.45, 7) is 11.9. The van der Waals surface area contributed by atoms with E-state index in [1.165, 1.54) is 16.7 Å². The highest BCUT2D eigenvalue weighted by atomic mass is 19.4. The highest BCUT2D eigenvalue weighted by Gasteiger charge is 2.38. The van der Waals surface area contributed by atoms with Crippen LogP contribution in [0.2, 0.25) is 0 Å². The van der Waals surface area contributed by atoms with Crippen LogP contribution in [0.3, 0.4) is 0 Å². The Morgan fingerprint density at radius 3 is 2.17 bits per heavy atom. The van der Waals surface area contributed by atoms with Crippen LogP contribution in [0.1, 0.15) is 84.9 Å². The van der Waals surface area contributed by atoms with Crippen LogP contribution in [0, 0.1) is 32.5 Å². The Bertz CT molecular complexity index is 1640. The molecule has 1 aliphatic heterocycles. The van der Waals surface area contributed by atoms with E-state index in [0.29, 0.717) is 23.1 Å². The molecule has 1 fully saturated rings. The third-order valence-corrected chi connectivity index (χ3v) is 8.93. The summed E-state index contributed by atoms with van der Waals surface area (Å²) in [5.41, 5.74) is 1.18. The monoisotopic (exact) mass is 642 g/mol.